The van der Waals surface area contributed by atoms with Gasteiger partial charge in [-0.15, -0.1) is 0 Å². The fraction of sp³-hybridized carbons (Fsp3) is 0.579. The minimum atomic E-state index is -0.278. The molecular weight excluding hydrogens is 320 g/mol. The quantitative estimate of drug-likeness (QED) is 0.858. The number of nitrogens with zero attached hydrogens (tertiary/aromatic N) is 1. The van der Waals surface area contributed by atoms with Crippen molar-refractivity contribution in [3.8, 4) is 5.75 Å². The van der Waals surface area contributed by atoms with E-state index in [-0.39, 0.29) is 18.6 Å². The Hall–Kier alpha value is -2.24. The minimum absolute atomic E-state index is 0.0159. The van der Waals surface area contributed by atoms with Crippen LogP contribution in [0.25, 0.3) is 0 Å². The summed E-state index contributed by atoms with van der Waals surface area (Å²) in [7, 11) is 1.39. The first-order valence-electron chi connectivity index (χ1n) is 8.82. The van der Waals surface area contributed by atoms with E-state index in [1.54, 1.807) is 4.90 Å². The molecule has 0 unspecified atom stereocenters. The highest BCUT2D eigenvalue weighted by atomic mass is 16.5. The van der Waals surface area contributed by atoms with E-state index in [0.29, 0.717) is 37.2 Å². The maximum absolute atomic E-state index is 11.9. The molecule has 0 saturated carbocycles. The van der Waals surface area contributed by atoms with Gasteiger partial charge in [0.2, 0.25) is 0 Å². The number of ether oxygens (including phenoxy) is 2. The second-order valence-electron chi connectivity index (χ2n) is 6.72. The standard InChI is InChI=1S/C19H28N2O4/c1-14(2)16-4-6-17(7-5-16)25-13-18(22)20-12-15-8-10-21(11-9-15)19(23)24-3/h4-7,14-15H,8-13H2,1-3H3,(H,20,22). The largest absolute Gasteiger partial charge is 0.484 e. The normalized spacial score (nSPS) is 15.1. The van der Waals surface area contributed by atoms with E-state index in [1.165, 1.54) is 12.7 Å². The first kappa shape index (κ1) is 19.1. The van der Waals surface area contributed by atoms with Gasteiger partial charge >= 0.3 is 6.09 Å². The number of carbonyl (C=O) groups is 2. The Morgan fingerprint density at radius 2 is 1.84 bits per heavy atom. The number of methoxy groups -OCH3 is 1. The SMILES string of the molecule is COC(=O)N1CCC(CNC(=O)COc2ccc(C(C)C)cc2)CC1. The van der Waals surface area contributed by atoms with Crippen molar-refractivity contribution in [2.45, 2.75) is 32.6 Å². The van der Waals surface area contributed by atoms with Gasteiger partial charge < -0.3 is 19.7 Å². The van der Waals surface area contributed by atoms with E-state index < -0.39 is 0 Å². The predicted molar refractivity (Wildman–Crippen MR) is 95.7 cm³/mol. The maximum Gasteiger partial charge on any atom is 0.409 e. The summed E-state index contributed by atoms with van der Waals surface area (Å²) < 4.78 is 10.2. The third-order valence-electron chi connectivity index (χ3n) is 4.55. The Labute approximate surface area is 149 Å². The predicted octanol–water partition coefficient (Wildman–Crippen LogP) is 2.78. The van der Waals surface area contributed by atoms with Gasteiger partial charge in [-0.25, -0.2) is 4.79 Å². The molecule has 6 heteroatoms. The molecule has 0 aromatic heterocycles. The van der Waals surface area contributed by atoms with Gasteiger partial charge in [-0.2, -0.15) is 0 Å². The molecule has 1 aromatic rings. The second-order valence-corrected chi connectivity index (χ2v) is 6.72. The highest BCUT2D eigenvalue weighted by Crippen LogP contribution is 2.19. The molecule has 1 heterocycles. The van der Waals surface area contributed by atoms with E-state index in [1.807, 2.05) is 24.3 Å². The maximum atomic E-state index is 11.9. The van der Waals surface area contributed by atoms with Crippen LogP contribution in [0.1, 0.15) is 38.2 Å². The average Bonchev–Trinajstić information content (AvgIpc) is 2.64. The minimum Gasteiger partial charge on any atom is -0.484 e. The number of piperidine rings is 1. The Kier molecular flexibility index (Phi) is 7.10. The molecule has 1 N–H and O–H groups in total. The van der Waals surface area contributed by atoms with Crippen molar-refractivity contribution in [1.82, 2.24) is 10.2 Å². The van der Waals surface area contributed by atoms with Gasteiger partial charge in [0.1, 0.15) is 5.75 Å². The Bertz CT molecular complexity index is 563. The fourth-order valence-corrected chi connectivity index (χ4v) is 2.86. The van der Waals surface area contributed by atoms with Crippen LogP contribution in [0.2, 0.25) is 0 Å². The highest BCUT2D eigenvalue weighted by molar-refractivity contribution is 5.77. The number of amides is 2. The lowest BCUT2D eigenvalue weighted by atomic mass is 9.97. The third kappa shape index (κ3) is 5.96. The van der Waals surface area contributed by atoms with E-state index in [0.717, 1.165) is 12.8 Å². The van der Waals surface area contributed by atoms with E-state index in [2.05, 4.69) is 19.2 Å². The molecule has 0 bridgehead atoms. The number of benzene rings is 1. The van der Waals surface area contributed by atoms with Crippen molar-refractivity contribution in [2.75, 3.05) is 33.4 Å². The number of likely N-dealkylation sites (tertiary alicyclic amines) is 1. The molecule has 2 amide bonds. The smallest absolute Gasteiger partial charge is 0.409 e. The molecule has 1 saturated heterocycles. The van der Waals surface area contributed by atoms with Gasteiger partial charge in [0, 0.05) is 19.6 Å². The number of rotatable bonds is 6. The summed E-state index contributed by atoms with van der Waals surface area (Å²) in [6.07, 6.45) is 1.46. The lowest BCUT2D eigenvalue weighted by Gasteiger charge is -2.30. The van der Waals surface area contributed by atoms with Gasteiger partial charge in [-0.3, -0.25) is 4.79 Å². The summed E-state index contributed by atoms with van der Waals surface area (Å²) in [6, 6.07) is 7.83. The Morgan fingerprint density at radius 3 is 2.40 bits per heavy atom. The zero-order chi connectivity index (χ0) is 18.2. The summed E-state index contributed by atoms with van der Waals surface area (Å²) in [5.74, 6) is 1.44. The van der Waals surface area contributed by atoms with Crippen molar-refractivity contribution in [2.24, 2.45) is 5.92 Å². The Morgan fingerprint density at radius 1 is 1.20 bits per heavy atom. The van der Waals surface area contributed by atoms with Crippen LogP contribution in [0.3, 0.4) is 0 Å². The third-order valence-corrected chi connectivity index (χ3v) is 4.55. The van der Waals surface area contributed by atoms with Crippen LogP contribution in [-0.4, -0.2) is 50.3 Å². The molecule has 6 nitrogen and oxygen atoms in total. The number of hydrogen-bond acceptors (Lipinski definition) is 4. The molecule has 1 aliphatic rings. The van der Waals surface area contributed by atoms with E-state index in [4.69, 9.17) is 9.47 Å². The fourth-order valence-electron chi connectivity index (χ4n) is 2.86. The van der Waals surface area contributed by atoms with Crippen LogP contribution in [0.5, 0.6) is 5.75 Å². The van der Waals surface area contributed by atoms with Crippen molar-refractivity contribution < 1.29 is 19.1 Å². The van der Waals surface area contributed by atoms with Gasteiger partial charge in [0.25, 0.3) is 5.91 Å². The van der Waals surface area contributed by atoms with Crippen molar-refractivity contribution in [1.29, 1.82) is 0 Å². The average molecular weight is 348 g/mol. The first-order valence-corrected chi connectivity index (χ1v) is 8.82. The lowest BCUT2D eigenvalue weighted by molar-refractivity contribution is -0.123. The molecule has 1 aliphatic heterocycles. The highest BCUT2D eigenvalue weighted by Gasteiger charge is 2.23. The molecule has 25 heavy (non-hydrogen) atoms. The van der Waals surface area contributed by atoms with Crippen LogP contribution >= 0.6 is 0 Å². The van der Waals surface area contributed by atoms with Gasteiger partial charge in [-0.05, 0) is 42.4 Å². The van der Waals surface area contributed by atoms with Crippen molar-refractivity contribution in [3.05, 3.63) is 29.8 Å². The topological polar surface area (TPSA) is 67.9 Å². The zero-order valence-electron chi connectivity index (χ0n) is 15.3. The van der Waals surface area contributed by atoms with Crippen LogP contribution in [0, 0.1) is 5.92 Å². The van der Waals surface area contributed by atoms with Crippen LogP contribution in [0.4, 0.5) is 4.79 Å². The number of nitrogens with one attached hydrogen (secondary N) is 1. The van der Waals surface area contributed by atoms with Crippen LogP contribution in [-0.2, 0) is 9.53 Å². The molecule has 1 aromatic carbocycles. The van der Waals surface area contributed by atoms with E-state index in [9.17, 15) is 9.59 Å². The molecule has 0 radical (unpaired) electrons. The van der Waals surface area contributed by atoms with Crippen LogP contribution < -0.4 is 10.1 Å². The molecule has 0 atom stereocenters. The second kappa shape index (κ2) is 9.30. The number of hydrogen-bond donors (Lipinski definition) is 1. The first-order chi connectivity index (χ1) is 12.0. The summed E-state index contributed by atoms with van der Waals surface area (Å²) >= 11 is 0. The molecule has 138 valence electrons. The van der Waals surface area contributed by atoms with Crippen molar-refractivity contribution in [3.63, 3.8) is 0 Å². The molecular formula is C19H28N2O4. The molecule has 0 aliphatic carbocycles. The summed E-state index contributed by atoms with van der Waals surface area (Å²) in [6.45, 7) is 6.25. The zero-order valence-corrected chi connectivity index (χ0v) is 15.3. The Balaban J connectivity index is 1.65. The molecule has 0 spiro atoms. The molecule has 2 rings (SSSR count). The number of carbonyl (C=O) groups excluding carboxylic acids is 2. The lowest BCUT2D eigenvalue weighted by Crippen LogP contribution is -2.42. The monoisotopic (exact) mass is 348 g/mol. The van der Waals surface area contributed by atoms with Gasteiger partial charge in [-0.1, -0.05) is 26.0 Å². The summed E-state index contributed by atoms with van der Waals surface area (Å²) in [4.78, 5) is 25.1. The van der Waals surface area contributed by atoms with Gasteiger partial charge in [0.05, 0.1) is 7.11 Å². The van der Waals surface area contributed by atoms with Crippen LogP contribution in [0.15, 0.2) is 24.3 Å². The van der Waals surface area contributed by atoms with Gasteiger partial charge in [0.15, 0.2) is 6.61 Å². The summed E-state index contributed by atoms with van der Waals surface area (Å²) in [5, 5.41) is 2.91. The van der Waals surface area contributed by atoms with E-state index >= 15 is 0 Å². The van der Waals surface area contributed by atoms with Crippen molar-refractivity contribution >= 4 is 12.0 Å². The molecule has 1 fully saturated rings. The summed E-state index contributed by atoms with van der Waals surface area (Å²) in [5.41, 5.74) is 1.25.